The lowest BCUT2D eigenvalue weighted by atomic mass is 10.1. The number of aromatic nitrogens is 1. The second-order valence-electron chi connectivity index (χ2n) is 7.60. The number of carbonyl (C=O) groups excluding carboxylic acids is 1. The lowest BCUT2D eigenvalue weighted by Gasteiger charge is -2.10. The predicted octanol–water partition coefficient (Wildman–Crippen LogP) is 5.14. The van der Waals surface area contributed by atoms with Gasteiger partial charge in [-0.3, -0.25) is 9.78 Å². The molecule has 1 amide bonds. The molecule has 0 aliphatic heterocycles. The van der Waals surface area contributed by atoms with Gasteiger partial charge in [0.25, 0.3) is 0 Å². The molecule has 0 unspecified atom stereocenters. The zero-order valence-electron chi connectivity index (χ0n) is 18.3. The molecule has 0 fully saturated rings. The van der Waals surface area contributed by atoms with Crippen LogP contribution in [0.5, 0.6) is 11.5 Å². The molecule has 2 aromatic carbocycles. The molecule has 3 aromatic rings. The third-order valence-electron chi connectivity index (χ3n) is 4.93. The number of rotatable bonds is 11. The lowest BCUT2D eigenvalue weighted by molar-refractivity contribution is -0.121. The fraction of sp³-hybridized carbons (Fsp3) is 0.308. The maximum absolute atomic E-state index is 12.1. The molecule has 0 saturated heterocycles. The topological polar surface area (TPSA) is 60.5 Å². The van der Waals surface area contributed by atoms with Crippen molar-refractivity contribution in [2.24, 2.45) is 0 Å². The summed E-state index contributed by atoms with van der Waals surface area (Å²) in [6, 6.07) is 19.7. The van der Waals surface area contributed by atoms with Gasteiger partial charge in [0.2, 0.25) is 5.91 Å². The highest BCUT2D eigenvalue weighted by Crippen LogP contribution is 2.19. The zero-order chi connectivity index (χ0) is 21.9. The summed E-state index contributed by atoms with van der Waals surface area (Å²) < 4.78 is 11.6. The van der Waals surface area contributed by atoms with Gasteiger partial charge in [0.1, 0.15) is 18.1 Å². The Morgan fingerprint density at radius 3 is 2.58 bits per heavy atom. The van der Waals surface area contributed by atoms with Gasteiger partial charge in [-0.1, -0.05) is 30.3 Å². The molecule has 3 rings (SSSR count). The first-order valence-corrected chi connectivity index (χ1v) is 10.7. The fourth-order valence-electron chi connectivity index (χ4n) is 3.07. The molecule has 162 valence electrons. The highest BCUT2D eigenvalue weighted by Gasteiger charge is 2.04. The van der Waals surface area contributed by atoms with Crippen molar-refractivity contribution < 1.29 is 14.3 Å². The molecule has 31 heavy (non-hydrogen) atoms. The van der Waals surface area contributed by atoms with E-state index in [-0.39, 0.29) is 5.91 Å². The van der Waals surface area contributed by atoms with Crippen LogP contribution in [0.15, 0.2) is 66.9 Å². The van der Waals surface area contributed by atoms with E-state index in [1.807, 2.05) is 49.4 Å². The molecule has 0 atom stereocenters. The van der Waals surface area contributed by atoms with Crippen molar-refractivity contribution in [3.8, 4) is 11.5 Å². The third kappa shape index (κ3) is 7.78. The second-order valence-corrected chi connectivity index (χ2v) is 7.60. The van der Waals surface area contributed by atoms with E-state index < -0.39 is 0 Å². The second kappa shape index (κ2) is 11.7. The van der Waals surface area contributed by atoms with Gasteiger partial charge in [0.05, 0.1) is 12.3 Å². The normalized spacial score (nSPS) is 10.5. The van der Waals surface area contributed by atoms with Crippen LogP contribution in [0.1, 0.15) is 41.6 Å². The van der Waals surface area contributed by atoms with Crippen LogP contribution in [-0.4, -0.2) is 17.5 Å². The fourth-order valence-corrected chi connectivity index (χ4v) is 3.07. The Bertz CT molecular complexity index is 956. The monoisotopic (exact) mass is 418 g/mol. The number of nitrogens with one attached hydrogen (secondary N) is 1. The van der Waals surface area contributed by atoms with Crippen LogP contribution < -0.4 is 14.8 Å². The highest BCUT2D eigenvalue weighted by molar-refractivity contribution is 5.75. The largest absolute Gasteiger partial charge is 0.493 e. The third-order valence-corrected chi connectivity index (χ3v) is 4.93. The minimum Gasteiger partial charge on any atom is -0.493 e. The number of benzene rings is 2. The molecule has 0 aliphatic carbocycles. The number of amides is 1. The lowest BCUT2D eigenvalue weighted by Crippen LogP contribution is -2.22. The summed E-state index contributed by atoms with van der Waals surface area (Å²) in [5, 5.41) is 2.97. The maximum Gasteiger partial charge on any atom is 0.220 e. The van der Waals surface area contributed by atoms with E-state index in [0.29, 0.717) is 26.2 Å². The maximum atomic E-state index is 12.1. The summed E-state index contributed by atoms with van der Waals surface area (Å²) in [4.78, 5) is 16.3. The van der Waals surface area contributed by atoms with Gasteiger partial charge < -0.3 is 14.8 Å². The molecule has 1 aromatic heterocycles. The van der Waals surface area contributed by atoms with E-state index >= 15 is 0 Å². The molecule has 0 bridgehead atoms. The van der Waals surface area contributed by atoms with Crippen molar-refractivity contribution in [2.45, 2.75) is 46.3 Å². The van der Waals surface area contributed by atoms with Crippen molar-refractivity contribution in [2.75, 3.05) is 6.61 Å². The number of hydrogen-bond donors (Lipinski definition) is 1. The first-order chi connectivity index (χ1) is 15.1. The summed E-state index contributed by atoms with van der Waals surface area (Å²) >= 11 is 0. The van der Waals surface area contributed by atoms with E-state index in [9.17, 15) is 4.79 Å². The molecule has 5 heteroatoms. The van der Waals surface area contributed by atoms with E-state index in [1.54, 1.807) is 6.20 Å². The molecule has 0 spiro atoms. The number of nitrogens with zero attached hydrogens (tertiary/aromatic N) is 1. The van der Waals surface area contributed by atoms with E-state index in [2.05, 4.69) is 35.4 Å². The standard InChI is InChI=1S/C26H30N2O3/c1-20-9-10-21(2)25(17-20)30-16-6-4-8-26(29)28-18-22-11-13-24(14-12-22)31-19-23-7-3-5-15-27-23/h3,5,7,9-15,17H,4,6,8,16,18-19H2,1-2H3,(H,28,29). The molecule has 1 N–H and O–H groups in total. The summed E-state index contributed by atoms with van der Waals surface area (Å²) in [5.74, 6) is 1.77. The van der Waals surface area contributed by atoms with E-state index in [1.165, 1.54) is 5.56 Å². The highest BCUT2D eigenvalue weighted by atomic mass is 16.5. The average Bonchev–Trinajstić information content (AvgIpc) is 2.79. The van der Waals surface area contributed by atoms with Crippen molar-refractivity contribution in [1.29, 1.82) is 0 Å². The Labute approximate surface area is 184 Å². The van der Waals surface area contributed by atoms with Gasteiger partial charge in [-0.25, -0.2) is 0 Å². The van der Waals surface area contributed by atoms with Crippen LogP contribution in [0.25, 0.3) is 0 Å². The first kappa shape index (κ1) is 22.3. The molecular weight excluding hydrogens is 388 g/mol. The Balaban J connectivity index is 1.30. The minimum atomic E-state index is 0.0576. The van der Waals surface area contributed by atoms with Crippen LogP contribution in [0.2, 0.25) is 0 Å². The van der Waals surface area contributed by atoms with Crippen LogP contribution in [-0.2, 0) is 17.9 Å². The quantitative estimate of drug-likeness (QED) is 0.438. The summed E-state index contributed by atoms with van der Waals surface area (Å²) in [7, 11) is 0. The van der Waals surface area contributed by atoms with Gasteiger partial charge in [0.15, 0.2) is 0 Å². The number of ether oxygens (including phenoxy) is 2. The van der Waals surface area contributed by atoms with Crippen molar-refractivity contribution in [3.63, 3.8) is 0 Å². The van der Waals surface area contributed by atoms with Crippen LogP contribution >= 0.6 is 0 Å². The van der Waals surface area contributed by atoms with Gasteiger partial charge in [0, 0.05) is 19.2 Å². The first-order valence-electron chi connectivity index (χ1n) is 10.7. The smallest absolute Gasteiger partial charge is 0.220 e. The molecule has 5 nitrogen and oxygen atoms in total. The number of carbonyl (C=O) groups is 1. The Morgan fingerprint density at radius 2 is 1.81 bits per heavy atom. The minimum absolute atomic E-state index is 0.0576. The Kier molecular flexibility index (Phi) is 8.47. The summed E-state index contributed by atoms with van der Waals surface area (Å²) in [5.41, 5.74) is 4.25. The SMILES string of the molecule is Cc1ccc(C)c(OCCCCC(=O)NCc2ccc(OCc3ccccn3)cc2)c1. The molecular formula is C26H30N2O3. The molecule has 0 radical (unpaired) electrons. The van der Waals surface area contributed by atoms with Gasteiger partial charge in [-0.2, -0.15) is 0 Å². The van der Waals surface area contributed by atoms with Crippen molar-refractivity contribution >= 4 is 5.91 Å². The van der Waals surface area contributed by atoms with E-state index in [4.69, 9.17) is 9.47 Å². The number of aryl methyl sites for hydroxylation is 2. The predicted molar refractivity (Wildman–Crippen MR) is 122 cm³/mol. The Hall–Kier alpha value is -3.34. The van der Waals surface area contributed by atoms with Crippen LogP contribution in [0, 0.1) is 13.8 Å². The number of unbranched alkanes of at least 4 members (excludes halogenated alkanes) is 1. The summed E-state index contributed by atoms with van der Waals surface area (Å²) in [6.45, 7) is 5.67. The molecule has 1 heterocycles. The van der Waals surface area contributed by atoms with Crippen LogP contribution in [0.4, 0.5) is 0 Å². The molecule has 0 aliphatic rings. The zero-order valence-corrected chi connectivity index (χ0v) is 18.3. The molecule has 0 saturated carbocycles. The summed E-state index contributed by atoms with van der Waals surface area (Å²) in [6.07, 6.45) is 3.91. The van der Waals surface area contributed by atoms with Gasteiger partial charge in [-0.05, 0) is 73.7 Å². The Morgan fingerprint density at radius 1 is 0.968 bits per heavy atom. The van der Waals surface area contributed by atoms with Crippen molar-refractivity contribution in [3.05, 3.63) is 89.2 Å². The average molecular weight is 419 g/mol. The van der Waals surface area contributed by atoms with Crippen LogP contribution in [0.3, 0.4) is 0 Å². The van der Waals surface area contributed by atoms with Crippen molar-refractivity contribution in [1.82, 2.24) is 10.3 Å². The van der Waals surface area contributed by atoms with E-state index in [0.717, 1.165) is 41.2 Å². The van der Waals surface area contributed by atoms with Gasteiger partial charge >= 0.3 is 0 Å². The number of pyridine rings is 1. The van der Waals surface area contributed by atoms with Gasteiger partial charge in [-0.15, -0.1) is 0 Å². The number of hydrogen-bond acceptors (Lipinski definition) is 4.